The first-order chi connectivity index (χ1) is 8.20. The lowest BCUT2D eigenvalue weighted by Gasteiger charge is -2.29. The average Bonchev–Trinajstić information content (AvgIpc) is 2.35. The maximum atomic E-state index is 11.9. The summed E-state index contributed by atoms with van der Waals surface area (Å²) in [6.45, 7) is 1.40. The van der Waals surface area contributed by atoms with E-state index in [9.17, 15) is 4.79 Å². The van der Waals surface area contributed by atoms with Gasteiger partial charge in [-0.3, -0.25) is 4.79 Å². The zero-order chi connectivity index (χ0) is 12.3. The summed E-state index contributed by atoms with van der Waals surface area (Å²) in [6.07, 6.45) is 1.94. The Morgan fingerprint density at radius 3 is 3.12 bits per heavy atom. The molecular weight excluding hydrogens is 280 g/mol. The van der Waals surface area contributed by atoms with E-state index >= 15 is 0 Å². The van der Waals surface area contributed by atoms with Crippen LogP contribution in [0.15, 0.2) is 24.3 Å². The Bertz CT molecular complexity index is 467. The summed E-state index contributed by atoms with van der Waals surface area (Å²) in [5.41, 5.74) is 1.65. The topological polar surface area (TPSA) is 44.1 Å². The first-order valence-corrected chi connectivity index (χ1v) is 6.54. The van der Waals surface area contributed by atoms with E-state index in [-0.39, 0.29) is 10.7 Å². The highest BCUT2D eigenvalue weighted by atomic mass is 79.9. The van der Waals surface area contributed by atoms with Crippen molar-refractivity contribution in [3.8, 4) is 6.07 Å². The van der Waals surface area contributed by atoms with E-state index in [0.717, 1.165) is 24.9 Å². The lowest BCUT2D eigenvalue weighted by atomic mass is 10.1. The van der Waals surface area contributed by atoms with Crippen molar-refractivity contribution in [2.75, 3.05) is 6.54 Å². The molecule has 1 atom stereocenters. The van der Waals surface area contributed by atoms with Gasteiger partial charge in [0.05, 0.1) is 16.5 Å². The molecule has 0 bridgehead atoms. The molecule has 0 N–H and O–H groups in total. The Morgan fingerprint density at radius 1 is 1.53 bits per heavy atom. The van der Waals surface area contributed by atoms with Gasteiger partial charge in [-0.15, -0.1) is 0 Å². The largest absolute Gasteiger partial charge is 0.337 e. The van der Waals surface area contributed by atoms with Crippen molar-refractivity contribution in [2.24, 2.45) is 0 Å². The zero-order valence-corrected chi connectivity index (χ0v) is 11.0. The van der Waals surface area contributed by atoms with Crippen molar-refractivity contribution in [1.82, 2.24) is 4.90 Å². The monoisotopic (exact) mass is 292 g/mol. The van der Waals surface area contributed by atoms with Crippen molar-refractivity contribution in [3.63, 3.8) is 0 Å². The van der Waals surface area contributed by atoms with E-state index in [0.29, 0.717) is 12.1 Å². The second-order valence-electron chi connectivity index (χ2n) is 4.18. The fraction of sp³-hybridized carbons (Fsp3) is 0.385. The lowest BCUT2D eigenvalue weighted by molar-refractivity contribution is -0.133. The van der Waals surface area contributed by atoms with E-state index in [4.69, 9.17) is 5.26 Å². The summed E-state index contributed by atoms with van der Waals surface area (Å²) < 4.78 is 0. The minimum Gasteiger partial charge on any atom is -0.337 e. The third kappa shape index (κ3) is 2.86. The SMILES string of the molecule is N#Cc1cccc(CN2CCCC(Br)C2=O)c1. The number of rotatable bonds is 2. The molecule has 1 saturated heterocycles. The van der Waals surface area contributed by atoms with Crippen molar-refractivity contribution < 1.29 is 4.79 Å². The number of likely N-dealkylation sites (tertiary alicyclic amines) is 1. The molecule has 0 aliphatic carbocycles. The number of amides is 1. The number of halogens is 1. The summed E-state index contributed by atoms with van der Waals surface area (Å²) in [4.78, 5) is 13.7. The minimum atomic E-state index is -0.0459. The predicted octanol–water partition coefficient (Wildman–Crippen LogP) is 2.44. The molecule has 0 saturated carbocycles. The summed E-state index contributed by atoms with van der Waals surface area (Å²) in [5.74, 6) is 0.151. The van der Waals surface area contributed by atoms with Gasteiger partial charge in [0, 0.05) is 13.1 Å². The van der Waals surface area contributed by atoms with E-state index in [1.807, 2.05) is 23.1 Å². The smallest absolute Gasteiger partial charge is 0.236 e. The molecule has 88 valence electrons. The van der Waals surface area contributed by atoms with Gasteiger partial charge in [0.25, 0.3) is 0 Å². The van der Waals surface area contributed by atoms with Gasteiger partial charge in [-0.2, -0.15) is 5.26 Å². The number of nitrogens with zero attached hydrogens (tertiary/aromatic N) is 2. The molecule has 1 fully saturated rings. The highest BCUT2D eigenvalue weighted by molar-refractivity contribution is 9.10. The third-order valence-electron chi connectivity index (χ3n) is 2.89. The fourth-order valence-corrected chi connectivity index (χ4v) is 2.62. The first-order valence-electron chi connectivity index (χ1n) is 5.62. The molecule has 1 aromatic rings. The molecule has 0 spiro atoms. The highest BCUT2D eigenvalue weighted by Crippen LogP contribution is 2.20. The van der Waals surface area contributed by atoms with Crippen LogP contribution < -0.4 is 0 Å². The van der Waals surface area contributed by atoms with Gasteiger partial charge >= 0.3 is 0 Å². The normalized spacial score (nSPS) is 20.1. The number of hydrogen-bond donors (Lipinski definition) is 0. The summed E-state index contributed by atoms with van der Waals surface area (Å²) in [6, 6.07) is 9.53. The summed E-state index contributed by atoms with van der Waals surface area (Å²) >= 11 is 3.39. The molecule has 1 unspecified atom stereocenters. The maximum Gasteiger partial charge on any atom is 0.236 e. The van der Waals surface area contributed by atoms with Gasteiger partial charge in [0.2, 0.25) is 5.91 Å². The number of carbonyl (C=O) groups excluding carboxylic acids is 1. The molecule has 2 rings (SSSR count). The van der Waals surface area contributed by atoms with E-state index in [2.05, 4.69) is 22.0 Å². The number of benzene rings is 1. The van der Waals surface area contributed by atoms with Gasteiger partial charge in [-0.25, -0.2) is 0 Å². The number of alkyl halides is 1. The molecule has 17 heavy (non-hydrogen) atoms. The molecule has 1 amide bonds. The molecule has 0 aromatic heterocycles. The molecule has 1 aliphatic rings. The van der Waals surface area contributed by atoms with Crippen molar-refractivity contribution in [2.45, 2.75) is 24.2 Å². The van der Waals surface area contributed by atoms with Crippen LogP contribution in [-0.2, 0) is 11.3 Å². The average molecular weight is 293 g/mol. The van der Waals surface area contributed by atoms with Gasteiger partial charge in [-0.1, -0.05) is 28.1 Å². The quantitative estimate of drug-likeness (QED) is 0.786. The zero-order valence-electron chi connectivity index (χ0n) is 9.40. The van der Waals surface area contributed by atoms with E-state index in [1.54, 1.807) is 6.07 Å². The second-order valence-corrected chi connectivity index (χ2v) is 5.29. The molecule has 1 aliphatic heterocycles. The van der Waals surface area contributed by atoms with Crippen LogP contribution >= 0.6 is 15.9 Å². The Morgan fingerprint density at radius 2 is 2.35 bits per heavy atom. The van der Waals surface area contributed by atoms with Gasteiger partial charge in [0.1, 0.15) is 0 Å². The number of carbonyl (C=O) groups is 1. The molecular formula is C13H13BrN2O. The summed E-state index contributed by atoms with van der Waals surface area (Å²) in [5, 5.41) is 8.82. The van der Waals surface area contributed by atoms with Crippen molar-refractivity contribution >= 4 is 21.8 Å². The molecule has 1 heterocycles. The van der Waals surface area contributed by atoms with Crippen molar-refractivity contribution in [1.29, 1.82) is 5.26 Å². The van der Waals surface area contributed by atoms with E-state index in [1.165, 1.54) is 0 Å². The minimum absolute atomic E-state index is 0.0459. The summed E-state index contributed by atoms with van der Waals surface area (Å²) in [7, 11) is 0. The van der Waals surface area contributed by atoms with Gasteiger partial charge in [-0.05, 0) is 30.5 Å². The molecule has 1 aromatic carbocycles. The number of piperidine rings is 1. The fourth-order valence-electron chi connectivity index (χ4n) is 2.01. The first kappa shape index (κ1) is 12.1. The maximum absolute atomic E-state index is 11.9. The standard InChI is InChI=1S/C13H13BrN2O/c14-12-5-2-6-16(13(12)17)9-11-4-1-3-10(7-11)8-15/h1,3-4,7,12H,2,5-6,9H2. The van der Waals surface area contributed by atoms with Crippen LogP contribution in [0.3, 0.4) is 0 Å². The van der Waals surface area contributed by atoms with Crippen LogP contribution in [0.4, 0.5) is 0 Å². The van der Waals surface area contributed by atoms with Crippen LogP contribution in [0.2, 0.25) is 0 Å². The van der Waals surface area contributed by atoms with Gasteiger partial charge in [0.15, 0.2) is 0 Å². The molecule has 3 nitrogen and oxygen atoms in total. The van der Waals surface area contributed by atoms with Crippen LogP contribution in [0, 0.1) is 11.3 Å². The lowest BCUT2D eigenvalue weighted by Crippen LogP contribution is -2.41. The van der Waals surface area contributed by atoms with Crippen LogP contribution in [0.1, 0.15) is 24.0 Å². The van der Waals surface area contributed by atoms with Crippen LogP contribution in [0.5, 0.6) is 0 Å². The molecule has 0 radical (unpaired) electrons. The van der Waals surface area contributed by atoms with Crippen LogP contribution in [-0.4, -0.2) is 22.2 Å². The molecule has 4 heteroatoms. The van der Waals surface area contributed by atoms with Crippen LogP contribution in [0.25, 0.3) is 0 Å². The Balaban J connectivity index is 2.10. The van der Waals surface area contributed by atoms with E-state index < -0.39 is 0 Å². The van der Waals surface area contributed by atoms with Gasteiger partial charge < -0.3 is 4.90 Å². The Kier molecular flexibility index (Phi) is 3.80. The third-order valence-corrected chi connectivity index (χ3v) is 3.74. The Hall–Kier alpha value is -1.34. The number of hydrogen-bond acceptors (Lipinski definition) is 2. The highest BCUT2D eigenvalue weighted by Gasteiger charge is 2.26. The van der Waals surface area contributed by atoms with Crippen molar-refractivity contribution in [3.05, 3.63) is 35.4 Å². The Labute approximate surface area is 109 Å². The predicted molar refractivity (Wildman–Crippen MR) is 68.5 cm³/mol. The second kappa shape index (κ2) is 5.33. The number of nitriles is 1.